The van der Waals surface area contributed by atoms with Crippen molar-refractivity contribution < 1.29 is 13.5 Å². The monoisotopic (exact) mass is 256 g/mol. The van der Waals surface area contributed by atoms with Gasteiger partial charge in [0.25, 0.3) is 0 Å². The third-order valence-corrected chi connectivity index (χ3v) is 3.35. The molecular weight excluding hydrogens is 238 g/mol. The maximum atomic E-state index is 13.8. The summed E-state index contributed by atoms with van der Waals surface area (Å²) in [5.74, 6) is -1.01. The second-order valence-electron chi connectivity index (χ2n) is 4.69. The fourth-order valence-corrected chi connectivity index (χ4v) is 2.20. The molecule has 1 aliphatic rings. The Morgan fingerprint density at radius 1 is 1.28 bits per heavy atom. The molecule has 1 fully saturated rings. The van der Waals surface area contributed by atoms with Crippen molar-refractivity contribution in [1.29, 1.82) is 0 Å². The molecule has 0 spiro atoms. The minimum atomic E-state index is -0.525. The fraction of sp³-hybridized carbons (Fsp3) is 0.538. The van der Waals surface area contributed by atoms with Gasteiger partial charge in [0.1, 0.15) is 5.82 Å². The Kier molecular flexibility index (Phi) is 4.14. The Balaban J connectivity index is 2.07. The molecule has 3 nitrogen and oxygen atoms in total. The number of piperidine rings is 1. The van der Waals surface area contributed by atoms with Gasteiger partial charge in [-0.3, -0.25) is 4.90 Å². The average Bonchev–Trinajstić information content (AvgIpc) is 2.36. The number of hydrogen-bond donors (Lipinski definition) is 1. The molecule has 5 heteroatoms. The van der Waals surface area contributed by atoms with E-state index in [0.717, 1.165) is 32.0 Å². The molecule has 0 saturated carbocycles. The van der Waals surface area contributed by atoms with Gasteiger partial charge in [-0.05, 0) is 32.0 Å². The van der Waals surface area contributed by atoms with Crippen LogP contribution in [0.15, 0.2) is 12.1 Å². The molecule has 1 aromatic carbocycles. The van der Waals surface area contributed by atoms with Gasteiger partial charge in [0.2, 0.25) is 0 Å². The Morgan fingerprint density at radius 2 is 1.94 bits per heavy atom. The first-order valence-corrected chi connectivity index (χ1v) is 6.10. The Labute approximate surface area is 106 Å². The van der Waals surface area contributed by atoms with Crippen molar-refractivity contribution in [3.8, 4) is 5.75 Å². The fourth-order valence-electron chi connectivity index (χ4n) is 2.20. The largest absolute Gasteiger partial charge is 0.494 e. The first kappa shape index (κ1) is 13.2. The molecule has 0 radical (unpaired) electrons. The molecule has 1 aliphatic heterocycles. The molecule has 18 heavy (non-hydrogen) atoms. The predicted octanol–water partition coefficient (Wildman–Crippen LogP) is 1.90. The summed E-state index contributed by atoms with van der Waals surface area (Å²) in [5, 5.41) is 0. The minimum Gasteiger partial charge on any atom is -0.494 e. The Hall–Kier alpha value is -1.20. The third-order valence-electron chi connectivity index (χ3n) is 3.35. The van der Waals surface area contributed by atoms with Crippen molar-refractivity contribution in [3.63, 3.8) is 0 Å². The van der Waals surface area contributed by atoms with Crippen LogP contribution in [0.25, 0.3) is 0 Å². The van der Waals surface area contributed by atoms with Crippen molar-refractivity contribution in [2.45, 2.75) is 25.4 Å². The molecule has 0 unspecified atom stereocenters. The summed E-state index contributed by atoms with van der Waals surface area (Å²) in [6.07, 6.45) is 1.81. The summed E-state index contributed by atoms with van der Waals surface area (Å²) in [6.45, 7) is 2.07. The zero-order valence-corrected chi connectivity index (χ0v) is 10.5. The second kappa shape index (κ2) is 5.63. The van der Waals surface area contributed by atoms with Gasteiger partial charge in [0.15, 0.2) is 11.6 Å². The van der Waals surface area contributed by atoms with Crippen molar-refractivity contribution in [2.24, 2.45) is 5.73 Å². The second-order valence-corrected chi connectivity index (χ2v) is 4.69. The summed E-state index contributed by atoms with van der Waals surface area (Å²) in [4.78, 5) is 2.09. The van der Waals surface area contributed by atoms with E-state index in [1.165, 1.54) is 13.2 Å². The number of likely N-dealkylation sites (tertiary alicyclic amines) is 1. The maximum Gasteiger partial charge on any atom is 0.165 e. The predicted molar refractivity (Wildman–Crippen MR) is 65.4 cm³/mol. The van der Waals surface area contributed by atoms with Gasteiger partial charge in [0.05, 0.1) is 7.11 Å². The van der Waals surface area contributed by atoms with Crippen LogP contribution in [-0.2, 0) is 6.54 Å². The van der Waals surface area contributed by atoms with Gasteiger partial charge in [-0.25, -0.2) is 8.78 Å². The lowest BCUT2D eigenvalue weighted by Gasteiger charge is -2.30. The van der Waals surface area contributed by atoms with Gasteiger partial charge < -0.3 is 10.5 Å². The van der Waals surface area contributed by atoms with Crippen LogP contribution < -0.4 is 10.5 Å². The van der Waals surface area contributed by atoms with E-state index in [-0.39, 0.29) is 11.8 Å². The van der Waals surface area contributed by atoms with E-state index < -0.39 is 11.6 Å². The van der Waals surface area contributed by atoms with E-state index in [1.807, 2.05) is 0 Å². The van der Waals surface area contributed by atoms with Crippen LogP contribution in [0.4, 0.5) is 8.78 Å². The quantitative estimate of drug-likeness (QED) is 0.897. The first-order valence-electron chi connectivity index (χ1n) is 6.10. The Bertz CT molecular complexity index is 418. The van der Waals surface area contributed by atoms with Crippen LogP contribution in [0.2, 0.25) is 0 Å². The van der Waals surface area contributed by atoms with E-state index in [4.69, 9.17) is 10.5 Å². The highest BCUT2D eigenvalue weighted by atomic mass is 19.1. The molecule has 0 amide bonds. The van der Waals surface area contributed by atoms with E-state index in [2.05, 4.69) is 4.90 Å². The summed E-state index contributed by atoms with van der Waals surface area (Å²) in [5.41, 5.74) is 6.17. The summed E-state index contributed by atoms with van der Waals surface area (Å²) < 4.78 is 32.0. The van der Waals surface area contributed by atoms with E-state index in [0.29, 0.717) is 12.1 Å². The first-order chi connectivity index (χ1) is 8.60. The molecular formula is C13H18F2N2O. The van der Waals surface area contributed by atoms with E-state index >= 15 is 0 Å². The maximum absolute atomic E-state index is 13.8. The topological polar surface area (TPSA) is 38.5 Å². The van der Waals surface area contributed by atoms with Gasteiger partial charge in [-0.2, -0.15) is 0 Å². The average molecular weight is 256 g/mol. The van der Waals surface area contributed by atoms with Crippen LogP contribution in [0.1, 0.15) is 18.4 Å². The van der Waals surface area contributed by atoms with Crippen LogP contribution in [-0.4, -0.2) is 31.1 Å². The number of methoxy groups -OCH3 is 1. The van der Waals surface area contributed by atoms with Gasteiger partial charge >= 0.3 is 0 Å². The minimum absolute atomic E-state index is 0.0584. The zero-order valence-electron chi connectivity index (χ0n) is 10.5. The number of benzene rings is 1. The lowest BCUT2D eigenvalue weighted by atomic mass is 10.1. The normalized spacial score (nSPS) is 18.0. The molecule has 1 saturated heterocycles. The molecule has 2 N–H and O–H groups in total. The molecule has 1 aromatic rings. The smallest absolute Gasteiger partial charge is 0.165 e. The van der Waals surface area contributed by atoms with Crippen molar-refractivity contribution in [1.82, 2.24) is 4.90 Å². The number of nitrogens with two attached hydrogens (primary N) is 1. The summed E-state index contributed by atoms with van der Waals surface area (Å²) in [6, 6.07) is 2.54. The van der Waals surface area contributed by atoms with Crippen LogP contribution in [0.3, 0.4) is 0 Å². The van der Waals surface area contributed by atoms with Gasteiger partial charge in [-0.15, -0.1) is 0 Å². The van der Waals surface area contributed by atoms with E-state index in [9.17, 15) is 8.78 Å². The number of nitrogens with zero attached hydrogens (tertiary/aromatic N) is 1. The standard InChI is InChI=1S/C13H18F2N2O/c1-18-13-7-11(14)9(6-12(13)15)8-17-4-2-10(16)3-5-17/h6-7,10H,2-5,8,16H2,1H3. The number of ether oxygens (including phenoxy) is 1. The number of halogens is 2. The van der Waals surface area contributed by atoms with E-state index in [1.54, 1.807) is 0 Å². The molecule has 2 rings (SSSR count). The van der Waals surface area contributed by atoms with Crippen LogP contribution in [0, 0.1) is 11.6 Å². The Morgan fingerprint density at radius 3 is 2.56 bits per heavy atom. The molecule has 0 aliphatic carbocycles. The molecule has 1 heterocycles. The van der Waals surface area contributed by atoms with Crippen molar-refractivity contribution >= 4 is 0 Å². The zero-order chi connectivity index (χ0) is 13.1. The highest BCUT2D eigenvalue weighted by Crippen LogP contribution is 2.23. The van der Waals surface area contributed by atoms with Crippen molar-refractivity contribution in [3.05, 3.63) is 29.3 Å². The molecule has 100 valence electrons. The molecule has 0 atom stereocenters. The lowest BCUT2D eigenvalue weighted by molar-refractivity contribution is 0.203. The van der Waals surface area contributed by atoms with Crippen molar-refractivity contribution in [2.75, 3.05) is 20.2 Å². The van der Waals surface area contributed by atoms with Gasteiger partial charge in [0, 0.05) is 24.2 Å². The highest BCUT2D eigenvalue weighted by Gasteiger charge is 2.18. The number of hydrogen-bond acceptors (Lipinski definition) is 3. The third kappa shape index (κ3) is 2.97. The van der Waals surface area contributed by atoms with Gasteiger partial charge in [-0.1, -0.05) is 0 Å². The lowest BCUT2D eigenvalue weighted by Crippen LogP contribution is -2.39. The number of rotatable bonds is 3. The van der Waals surface area contributed by atoms with Crippen LogP contribution >= 0.6 is 0 Å². The summed E-state index contributed by atoms with van der Waals surface area (Å²) in [7, 11) is 1.32. The van der Waals surface area contributed by atoms with Crippen LogP contribution in [0.5, 0.6) is 5.75 Å². The highest BCUT2D eigenvalue weighted by molar-refractivity contribution is 5.30. The molecule has 0 aromatic heterocycles. The summed E-state index contributed by atoms with van der Waals surface area (Å²) >= 11 is 0. The molecule has 0 bridgehead atoms. The SMILES string of the molecule is COc1cc(F)c(CN2CCC(N)CC2)cc1F.